The normalized spacial score (nSPS) is 22.6. The number of hydrogen-bond donors (Lipinski definition) is 1. The Hall–Kier alpha value is -0.980. The zero-order valence-electron chi connectivity index (χ0n) is 14.8. The minimum Gasteiger partial charge on any atom is -0.339 e. The molecule has 6 heteroatoms. The van der Waals surface area contributed by atoms with Crippen LogP contribution in [-0.2, 0) is 12.0 Å². The first-order valence-electron chi connectivity index (χ1n) is 8.99. The van der Waals surface area contributed by atoms with Crippen molar-refractivity contribution in [3.63, 3.8) is 0 Å². The van der Waals surface area contributed by atoms with Crippen molar-refractivity contribution < 1.29 is 4.52 Å². The van der Waals surface area contributed by atoms with Gasteiger partial charge in [0.05, 0.1) is 6.54 Å². The van der Waals surface area contributed by atoms with Crippen LogP contribution in [0.1, 0.15) is 45.3 Å². The predicted octanol–water partition coefficient (Wildman–Crippen LogP) is 1.48. The largest absolute Gasteiger partial charge is 0.339 e. The average molecular weight is 321 g/mol. The summed E-state index contributed by atoms with van der Waals surface area (Å²) in [5.41, 5.74) is -0.0706. The van der Waals surface area contributed by atoms with E-state index in [0.717, 1.165) is 50.4 Å². The first-order valence-corrected chi connectivity index (χ1v) is 8.99. The summed E-state index contributed by atoms with van der Waals surface area (Å²) in [5.74, 6) is 2.44. The van der Waals surface area contributed by atoms with Gasteiger partial charge in [-0.3, -0.25) is 4.90 Å². The van der Waals surface area contributed by atoms with Crippen LogP contribution in [0.25, 0.3) is 0 Å². The van der Waals surface area contributed by atoms with E-state index in [2.05, 4.69) is 46.0 Å². The second kappa shape index (κ2) is 7.28. The number of piperidine rings is 1. The highest BCUT2D eigenvalue weighted by molar-refractivity contribution is 4.98. The summed E-state index contributed by atoms with van der Waals surface area (Å²) in [5, 5.41) is 7.59. The molecule has 6 nitrogen and oxygen atoms in total. The van der Waals surface area contributed by atoms with Crippen LogP contribution in [0, 0.1) is 5.92 Å². The molecular weight excluding hydrogens is 290 g/mol. The predicted molar refractivity (Wildman–Crippen MR) is 90.3 cm³/mol. The molecule has 3 heterocycles. The van der Waals surface area contributed by atoms with E-state index in [-0.39, 0.29) is 5.41 Å². The van der Waals surface area contributed by atoms with Gasteiger partial charge in [0.25, 0.3) is 0 Å². The molecule has 0 spiro atoms. The molecule has 130 valence electrons. The lowest BCUT2D eigenvalue weighted by molar-refractivity contribution is 0.104. The molecule has 0 unspecified atom stereocenters. The van der Waals surface area contributed by atoms with E-state index in [9.17, 15) is 0 Å². The summed E-state index contributed by atoms with van der Waals surface area (Å²) in [7, 11) is 0. The van der Waals surface area contributed by atoms with Gasteiger partial charge in [0.1, 0.15) is 0 Å². The second-order valence-electron chi connectivity index (χ2n) is 8.04. The molecule has 2 fully saturated rings. The summed E-state index contributed by atoms with van der Waals surface area (Å²) >= 11 is 0. The van der Waals surface area contributed by atoms with E-state index in [1.54, 1.807) is 0 Å². The average Bonchev–Trinajstić information content (AvgIpc) is 2.99. The zero-order valence-corrected chi connectivity index (χ0v) is 14.8. The lowest BCUT2D eigenvalue weighted by Gasteiger charge is -2.36. The molecule has 0 radical (unpaired) electrons. The minimum atomic E-state index is -0.0706. The lowest BCUT2D eigenvalue weighted by atomic mass is 9.97. The van der Waals surface area contributed by atoms with E-state index in [1.807, 2.05) is 0 Å². The van der Waals surface area contributed by atoms with E-state index in [4.69, 9.17) is 4.52 Å². The van der Waals surface area contributed by atoms with Gasteiger partial charge < -0.3 is 14.7 Å². The fourth-order valence-electron chi connectivity index (χ4n) is 3.38. The number of nitrogens with one attached hydrogen (secondary N) is 1. The first kappa shape index (κ1) is 16.9. The fourth-order valence-corrected chi connectivity index (χ4v) is 3.38. The van der Waals surface area contributed by atoms with Crippen molar-refractivity contribution in [1.29, 1.82) is 0 Å². The summed E-state index contributed by atoms with van der Waals surface area (Å²) < 4.78 is 5.39. The highest BCUT2D eigenvalue weighted by Crippen LogP contribution is 2.20. The van der Waals surface area contributed by atoms with Crippen LogP contribution < -0.4 is 5.32 Å². The molecule has 2 aliphatic heterocycles. The maximum Gasteiger partial charge on any atom is 0.232 e. The number of nitrogens with zero attached hydrogens (tertiary/aromatic N) is 4. The Bertz CT molecular complexity index is 481. The lowest BCUT2D eigenvalue weighted by Crippen LogP contribution is -2.48. The molecule has 0 amide bonds. The molecule has 1 aromatic heterocycles. The standard InChI is InChI=1S/C17H31N5O/c1-17(2,3)16-19-15(20-23-16)13-22-10-8-21(9-11-22)12-14-4-6-18-7-5-14/h14,18H,4-13H2,1-3H3. The van der Waals surface area contributed by atoms with Crippen LogP contribution in [0.4, 0.5) is 0 Å². The van der Waals surface area contributed by atoms with Crippen molar-refractivity contribution in [1.82, 2.24) is 25.3 Å². The smallest absolute Gasteiger partial charge is 0.232 e. The summed E-state index contributed by atoms with van der Waals surface area (Å²) in [6.07, 6.45) is 2.66. The van der Waals surface area contributed by atoms with Crippen LogP contribution >= 0.6 is 0 Å². The number of aromatic nitrogens is 2. The van der Waals surface area contributed by atoms with Crippen molar-refractivity contribution in [3.05, 3.63) is 11.7 Å². The molecule has 3 rings (SSSR count). The topological polar surface area (TPSA) is 57.4 Å². The quantitative estimate of drug-likeness (QED) is 0.907. The van der Waals surface area contributed by atoms with Crippen LogP contribution in [-0.4, -0.2) is 65.8 Å². The Kier molecular flexibility index (Phi) is 5.34. The van der Waals surface area contributed by atoms with E-state index < -0.39 is 0 Å². The molecule has 0 saturated carbocycles. The molecule has 0 bridgehead atoms. The van der Waals surface area contributed by atoms with Gasteiger partial charge in [0.15, 0.2) is 5.82 Å². The zero-order chi connectivity index (χ0) is 16.3. The molecule has 0 aliphatic carbocycles. The molecule has 23 heavy (non-hydrogen) atoms. The Balaban J connectivity index is 1.43. The fraction of sp³-hybridized carbons (Fsp3) is 0.882. The van der Waals surface area contributed by atoms with Gasteiger partial charge in [-0.1, -0.05) is 25.9 Å². The Morgan fingerprint density at radius 1 is 1.09 bits per heavy atom. The van der Waals surface area contributed by atoms with Gasteiger partial charge in [-0.2, -0.15) is 4.98 Å². The Morgan fingerprint density at radius 3 is 2.35 bits per heavy atom. The maximum atomic E-state index is 5.39. The van der Waals surface area contributed by atoms with Crippen molar-refractivity contribution in [2.24, 2.45) is 5.92 Å². The highest BCUT2D eigenvalue weighted by Gasteiger charge is 2.24. The van der Waals surface area contributed by atoms with Crippen molar-refractivity contribution in [2.75, 3.05) is 45.8 Å². The summed E-state index contributed by atoms with van der Waals surface area (Å²) in [6, 6.07) is 0. The van der Waals surface area contributed by atoms with E-state index >= 15 is 0 Å². The highest BCUT2D eigenvalue weighted by atomic mass is 16.5. The molecular formula is C17H31N5O. The van der Waals surface area contributed by atoms with Crippen molar-refractivity contribution in [3.8, 4) is 0 Å². The molecule has 0 aromatic carbocycles. The van der Waals surface area contributed by atoms with Crippen molar-refractivity contribution >= 4 is 0 Å². The molecule has 2 saturated heterocycles. The minimum absolute atomic E-state index is 0.0706. The van der Waals surface area contributed by atoms with E-state index in [1.165, 1.54) is 32.5 Å². The van der Waals surface area contributed by atoms with Crippen LogP contribution in [0.5, 0.6) is 0 Å². The Labute approximate surface area is 139 Å². The number of hydrogen-bond acceptors (Lipinski definition) is 6. The third-order valence-corrected chi connectivity index (χ3v) is 4.91. The van der Waals surface area contributed by atoms with Crippen LogP contribution in [0.3, 0.4) is 0 Å². The SMILES string of the molecule is CC(C)(C)c1nc(CN2CCN(CC3CCNCC3)CC2)no1. The third kappa shape index (κ3) is 4.75. The van der Waals surface area contributed by atoms with Gasteiger partial charge >= 0.3 is 0 Å². The Morgan fingerprint density at radius 2 is 1.74 bits per heavy atom. The monoisotopic (exact) mass is 321 g/mol. The maximum absolute atomic E-state index is 5.39. The first-order chi connectivity index (χ1) is 11.0. The van der Waals surface area contributed by atoms with Crippen LogP contribution in [0.15, 0.2) is 4.52 Å². The van der Waals surface area contributed by atoms with Gasteiger partial charge in [0.2, 0.25) is 5.89 Å². The molecule has 1 N–H and O–H groups in total. The second-order valence-corrected chi connectivity index (χ2v) is 8.04. The number of piperazine rings is 1. The molecule has 0 atom stereocenters. The molecule has 1 aromatic rings. The van der Waals surface area contributed by atoms with Crippen LogP contribution in [0.2, 0.25) is 0 Å². The van der Waals surface area contributed by atoms with Gasteiger partial charge in [-0.05, 0) is 31.8 Å². The van der Waals surface area contributed by atoms with Gasteiger partial charge in [0, 0.05) is 38.1 Å². The van der Waals surface area contributed by atoms with Gasteiger partial charge in [-0.15, -0.1) is 0 Å². The number of rotatable bonds is 4. The van der Waals surface area contributed by atoms with Crippen molar-refractivity contribution in [2.45, 2.75) is 45.6 Å². The summed E-state index contributed by atoms with van der Waals surface area (Å²) in [6.45, 7) is 15.3. The van der Waals surface area contributed by atoms with E-state index in [0.29, 0.717) is 0 Å². The summed E-state index contributed by atoms with van der Waals surface area (Å²) in [4.78, 5) is 9.62. The molecule has 2 aliphatic rings. The third-order valence-electron chi connectivity index (χ3n) is 4.91. The van der Waals surface area contributed by atoms with Gasteiger partial charge in [-0.25, -0.2) is 0 Å².